The number of aromatic nitrogens is 2. The Morgan fingerprint density at radius 2 is 1.97 bits per heavy atom. The highest BCUT2D eigenvalue weighted by Gasteiger charge is 2.33. The number of H-pyrrole nitrogens is 1. The molecule has 1 fully saturated rings. The van der Waals surface area contributed by atoms with Crippen molar-refractivity contribution >= 4 is 11.7 Å². The van der Waals surface area contributed by atoms with E-state index in [2.05, 4.69) is 11.3 Å². The molecule has 0 saturated carbocycles. The van der Waals surface area contributed by atoms with Crippen LogP contribution in [0.25, 0.3) is 11.3 Å². The number of ether oxygens (including phenoxy) is 1. The van der Waals surface area contributed by atoms with Crippen LogP contribution in [0.2, 0.25) is 0 Å². The molecule has 1 aromatic heterocycles. The lowest BCUT2D eigenvalue weighted by Crippen LogP contribution is -2.50. The maximum Gasteiger partial charge on any atom is 0.306 e. The first-order valence-corrected chi connectivity index (χ1v) is 9.77. The van der Waals surface area contributed by atoms with Crippen LogP contribution in [0.5, 0.6) is 11.5 Å². The number of nitrogen functional groups attached to an aromatic ring is 1. The Hall–Kier alpha value is -3.99. The van der Waals surface area contributed by atoms with Gasteiger partial charge in [-0.2, -0.15) is 9.94 Å². The standard InChI is InChI=1S/C22H22N6O2/c23-14-27-11-5-7-16(13-27)28-21(24)19(22(25)29)20(26-28)15-6-4-10-18(12-15)30-17-8-2-1-3-9-17/h1-4,6,8-10,12,16H,5,7,11,13H2,(H4,24,25,26,29)/p+1. The van der Waals surface area contributed by atoms with Crippen LogP contribution in [0.3, 0.4) is 0 Å². The van der Waals surface area contributed by atoms with E-state index >= 15 is 0 Å². The number of benzene rings is 2. The molecule has 2 aromatic carbocycles. The zero-order valence-corrected chi connectivity index (χ0v) is 16.4. The van der Waals surface area contributed by atoms with Gasteiger partial charge < -0.3 is 15.4 Å². The number of carbonyl (C=O) groups excluding carboxylic acids is 1. The Morgan fingerprint density at radius 1 is 1.20 bits per heavy atom. The normalized spacial score (nSPS) is 16.1. The predicted octanol–water partition coefficient (Wildman–Crippen LogP) is 2.56. The summed E-state index contributed by atoms with van der Waals surface area (Å²) in [6.07, 6.45) is 3.90. The number of primary amides is 1. The molecule has 152 valence electrons. The third kappa shape index (κ3) is 3.78. The Morgan fingerprint density at radius 3 is 2.70 bits per heavy atom. The summed E-state index contributed by atoms with van der Waals surface area (Å²) in [5, 5.41) is 12.5. The van der Waals surface area contributed by atoms with Crippen molar-refractivity contribution in [3.8, 4) is 28.9 Å². The average molecular weight is 403 g/mol. The highest BCUT2D eigenvalue weighted by Crippen LogP contribution is 2.30. The van der Waals surface area contributed by atoms with E-state index in [0.717, 1.165) is 24.9 Å². The number of likely N-dealkylation sites (tertiary alicyclic amines) is 1. The quantitative estimate of drug-likeness (QED) is 0.446. The number of aromatic amines is 1. The van der Waals surface area contributed by atoms with Crippen molar-refractivity contribution in [2.45, 2.75) is 18.9 Å². The molecule has 0 aliphatic carbocycles. The van der Waals surface area contributed by atoms with Crippen LogP contribution in [-0.2, 0) is 0 Å². The number of amides is 1. The van der Waals surface area contributed by atoms with E-state index < -0.39 is 5.91 Å². The summed E-state index contributed by atoms with van der Waals surface area (Å²) in [5.74, 6) is 1.00. The van der Waals surface area contributed by atoms with Crippen LogP contribution in [0.15, 0.2) is 54.6 Å². The summed E-state index contributed by atoms with van der Waals surface area (Å²) in [6, 6.07) is 16.8. The molecule has 1 aliphatic rings. The largest absolute Gasteiger partial charge is 0.457 e. The molecule has 4 rings (SSSR count). The van der Waals surface area contributed by atoms with Crippen molar-refractivity contribution < 1.29 is 14.2 Å². The fourth-order valence-electron chi connectivity index (χ4n) is 3.83. The molecule has 0 spiro atoms. The molecule has 1 saturated heterocycles. The lowest BCUT2D eigenvalue weighted by atomic mass is 10.1. The Bertz CT molecular complexity index is 1100. The summed E-state index contributed by atoms with van der Waals surface area (Å²) >= 11 is 0. The Balaban J connectivity index is 1.71. The number of nitrogens with two attached hydrogens (primary N) is 2. The van der Waals surface area contributed by atoms with Gasteiger partial charge in [0.05, 0.1) is 6.54 Å². The fourth-order valence-corrected chi connectivity index (χ4v) is 3.83. The third-order valence-corrected chi connectivity index (χ3v) is 5.25. The van der Waals surface area contributed by atoms with Gasteiger partial charge in [0.1, 0.15) is 23.2 Å². The molecule has 5 N–H and O–H groups in total. The first kappa shape index (κ1) is 19.3. The van der Waals surface area contributed by atoms with Crippen molar-refractivity contribution in [1.29, 1.82) is 5.26 Å². The van der Waals surface area contributed by atoms with Crippen LogP contribution in [0.4, 0.5) is 5.82 Å². The molecule has 30 heavy (non-hydrogen) atoms. The third-order valence-electron chi connectivity index (χ3n) is 5.25. The second-order valence-corrected chi connectivity index (χ2v) is 7.27. The minimum Gasteiger partial charge on any atom is -0.457 e. The number of carbonyl (C=O) groups is 1. The number of para-hydroxylation sites is 1. The molecule has 8 nitrogen and oxygen atoms in total. The lowest BCUT2D eigenvalue weighted by Gasteiger charge is -2.26. The van der Waals surface area contributed by atoms with Gasteiger partial charge in [-0.1, -0.05) is 30.3 Å². The number of piperidine rings is 1. The maximum atomic E-state index is 12.2. The van der Waals surface area contributed by atoms with Gasteiger partial charge in [0, 0.05) is 12.1 Å². The predicted molar refractivity (Wildman–Crippen MR) is 111 cm³/mol. The summed E-state index contributed by atoms with van der Waals surface area (Å²) in [7, 11) is 0. The fraction of sp³-hybridized carbons (Fsp3) is 0.227. The molecular weight excluding hydrogens is 380 g/mol. The van der Waals surface area contributed by atoms with Crippen LogP contribution < -0.4 is 20.9 Å². The Labute approximate surface area is 174 Å². The number of nitriles is 1. The van der Waals surface area contributed by atoms with Gasteiger partial charge in [-0.3, -0.25) is 10.5 Å². The molecule has 1 atom stereocenters. The van der Waals surface area contributed by atoms with E-state index in [0.29, 0.717) is 23.7 Å². The number of hydrogen-bond donors (Lipinski definition) is 3. The second kappa shape index (κ2) is 8.17. The van der Waals surface area contributed by atoms with E-state index in [-0.39, 0.29) is 17.4 Å². The summed E-state index contributed by atoms with van der Waals surface area (Å²) in [5.41, 5.74) is 13.5. The zero-order chi connectivity index (χ0) is 21.1. The molecule has 8 heteroatoms. The van der Waals surface area contributed by atoms with Gasteiger partial charge in [0.25, 0.3) is 5.91 Å². The molecule has 0 bridgehead atoms. The number of rotatable bonds is 5. The van der Waals surface area contributed by atoms with Gasteiger partial charge in [0.15, 0.2) is 11.8 Å². The summed E-state index contributed by atoms with van der Waals surface area (Å²) in [6.45, 7) is 1.25. The number of anilines is 1. The van der Waals surface area contributed by atoms with Crippen molar-refractivity contribution in [2.24, 2.45) is 5.73 Å². The van der Waals surface area contributed by atoms with Crippen LogP contribution in [-0.4, -0.2) is 29.0 Å². The number of nitrogens with zero attached hydrogens (tertiary/aromatic N) is 3. The first-order chi connectivity index (χ1) is 14.6. The van der Waals surface area contributed by atoms with Crippen molar-refractivity contribution in [3.05, 3.63) is 60.2 Å². The maximum absolute atomic E-state index is 12.2. The number of hydrogen-bond acceptors (Lipinski definition) is 5. The highest BCUT2D eigenvalue weighted by molar-refractivity contribution is 6.02. The van der Waals surface area contributed by atoms with E-state index in [4.69, 9.17) is 16.2 Å². The highest BCUT2D eigenvalue weighted by atomic mass is 16.5. The molecular formula is C22H23N6O2+. The van der Waals surface area contributed by atoms with Gasteiger partial charge in [-0.15, -0.1) is 0 Å². The summed E-state index contributed by atoms with van der Waals surface area (Å²) < 4.78 is 7.67. The molecule has 1 amide bonds. The van der Waals surface area contributed by atoms with Crippen LogP contribution in [0, 0.1) is 11.5 Å². The smallest absolute Gasteiger partial charge is 0.306 e. The van der Waals surface area contributed by atoms with E-state index in [1.807, 2.05) is 54.6 Å². The molecule has 1 unspecified atom stereocenters. The molecule has 3 aromatic rings. The lowest BCUT2D eigenvalue weighted by molar-refractivity contribution is -0.761. The monoisotopic (exact) mass is 403 g/mol. The van der Waals surface area contributed by atoms with Crippen molar-refractivity contribution in [2.75, 3.05) is 18.8 Å². The Kier molecular flexibility index (Phi) is 5.26. The van der Waals surface area contributed by atoms with E-state index in [1.54, 1.807) is 9.58 Å². The van der Waals surface area contributed by atoms with Gasteiger partial charge in [-0.05, 0) is 37.1 Å². The van der Waals surface area contributed by atoms with Crippen LogP contribution >= 0.6 is 0 Å². The molecule has 2 heterocycles. The van der Waals surface area contributed by atoms with Crippen molar-refractivity contribution in [3.63, 3.8) is 0 Å². The van der Waals surface area contributed by atoms with Gasteiger partial charge >= 0.3 is 5.82 Å². The zero-order valence-electron chi connectivity index (χ0n) is 16.4. The van der Waals surface area contributed by atoms with Gasteiger partial charge in [0.2, 0.25) is 0 Å². The average Bonchev–Trinajstić information content (AvgIpc) is 3.12. The minimum atomic E-state index is -0.611. The molecule has 0 radical (unpaired) electrons. The van der Waals surface area contributed by atoms with Gasteiger partial charge in [-0.25, -0.2) is 5.10 Å². The topological polar surface area (TPSA) is 125 Å². The first-order valence-electron chi connectivity index (χ1n) is 9.77. The minimum absolute atomic E-state index is 0.0472. The van der Waals surface area contributed by atoms with E-state index in [9.17, 15) is 10.1 Å². The molecule has 1 aliphatic heterocycles. The second-order valence-electron chi connectivity index (χ2n) is 7.27. The van der Waals surface area contributed by atoms with E-state index in [1.165, 1.54) is 0 Å². The van der Waals surface area contributed by atoms with Crippen LogP contribution in [0.1, 0.15) is 29.2 Å². The number of nitrogens with one attached hydrogen (secondary N) is 1. The SMILES string of the molecule is N#CN1CCCC([n+]2[nH]c(-c3cccc(Oc4ccccc4)c3)c(C(N)=O)c2N)C1. The summed E-state index contributed by atoms with van der Waals surface area (Å²) in [4.78, 5) is 13.9. The van der Waals surface area contributed by atoms with Crippen molar-refractivity contribution in [1.82, 2.24) is 10.00 Å².